The predicted molar refractivity (Wildman–Crippen MR) is 157 cm³/mol. The molecular formula is C32H35F2N5O3. The van der Waals surface area contributed by atoms with E-state index in [0.29, 0.717) is 55.7 Å². The fourth-order valence-corrected chi connectivity index (χ4v) is 7.13. The zero-order valence-electron chi connectivity index (χ0n) is 23.7. The number of aromatic hydroxyl groups is 1. The highest BCUT2D eigenvalue weighted by molar-refractivity contribution is 5.99. The van der Waals surface area contributed by atoms with Crippen molar-refractivity contribution in [3.8, 4) is 23.0 Å². The fraction of sp³-hybridized carbons (Fsp3) is 0.469. The highest BCUT2D eigenvalue weighted by Gasteiger charge is 2.49. The van der Waals surface area contributed by atoms with Crippen molar-refractivity contribution < 1.29 is 23.7 Å². The van der Waals surface area contributed by atoms with Gasteiger partial charge in [0.25, 0.3) is 0 Å². The average molecular weight is 576 g/mol. The molecule has 4 aromatic rings. The van der Waals surface area contributed by atoms with Crippen LogP contribution >= 0.6 is 0 Å². The van der Waals surface area contributed by atoms with Gasteiger partial charge in [0, 0.05) is 37.8 Å². The predicted octanol–water partition coefficient (Wildman–Crippen LogP) is 5.39. The third-order valence-corrected chi connectivity index (χ3v) is 9.34. The number of aromatic nitrogens is 3. The van der Waals surface area contributed by atoms with Crippen LogP contribution in [0.15, 0.2) is 42.6 Å². The van der Waals surface area contributed by atoms with Gasteiger partial charge in [0.15, 0.2) is 5.82 Å². The molecule has 3 atom stereocenters. The van der Waals surface area contributed by atoms with Gasteiger partial charge in [-0.2, -0.15) is 9.97 Å². The van der Waals surface area contributed by atoms with E-state index >= 15 is 4.39 Å². The highest BCUT2D eigenvalue weighted by Crippen LogP contribution is 2.41. The minimum Gasteiger partial charge on any atom is -0.508 e. The Morgan fingerprint density at radius 2 is 1.88 bits per heavy atom. The summed E-state index contributed by atoms with van der Waals surface area (Å²) in [5.41, 5.74) is -0.597. The van der Waals surface area contributed by atoms with Crippen molar-refractivity contribution in [3.63, 3.8) is 0 Å². The van der Waals surface area contributed by atoms with Gasteiger partial charge in [-0.3, -0.25) is 9.88 Å². The number of fused-ring (bicyclic) bond motifs is 3. The summed E-state index contributed by atoms with van der Waals surface area (Å²) in [6.45, 7) is 4.46. The number of aliphatic hydroxyl groups is 1. The molecule has 2 aromatic heterocycles. The maximum absolute atomic E-state index is 16.5. The smallest absolute Gasteiger partial charge is 0.319 e. The molecule has 42 heavy (non-hydrogen) atoms. The number of anilines is 1. The van der Waals surface area contributed by atoms with E-state index in [0.717, 1.165) is 36.6 Å². The lowest BCUT2D eigenvalue weighted by Gasteiger charge is -2.31. The minimum absolute atomic E-state index is 0.0112. The normalized spacial score (nSPS) is 26.6. The molecule has 0 saturated carbocycles. The highest BCUT2D eigenvalue weighted by atomic mass is 19.1. The monoisotopic (exact) mass is 575 g/mol. The lowest BCUT2D eigenvalue weighted by molar-refractivity contribution is 0.0481. The van der Waals surface area contributed by atoms with Crippen molar-refractivity contribution in [1.29, 1.82) is 0 Å². The lowest BCUT2D eigenvalue weighted by Crippen LogP contribution is -2.43. The van der Waals surface area contributed by atoms with E-state index in [-0.39, 0.29) is 29.6 Å². The number of phenols is 1. The molecule has 3 saturated heterocycles. The molecule has 2 unspecified atom stereocenters. The summed E-state index contributed by atoms with van der Waals surface area (Å²) in [7, 11) is 0. The van der Waals surface area contributed by atoms with E-state index in [9.17, 15) is 14.6 Å². The number of nitrogens with zero attached hydrogens (tertiary/aromatic N) is 5. The summed E-state index contributed by atoms with van der Waals surface area (Å²) in [5, 5.41) is 23.1. The van der Waals surface area contributed by atoms with Gasteiger partial charge in [-0.1, -0.05) is 24.3 Å². The van der Waals surface area contributed by atoms with Crippen LogP contribution in [-0.2, 0) is 0 Å². The maximum Gasteiger partial charge on any atom is 0.319 e. The SMILES string of the molecule is CC1(O)CCCN(c2nc(OCC34CCCN3C[C@H](F)C4)nc3c(F)c(-c4cc(O)cc5ccccc45)ncc23)CC1. The van der Waals surface area contributed by atoms with Crippen molar-refractivity contribution in [1.82, 2.24) is 19.9 Å². The molecular weight excluding hydrogens is 540 g/mol. The van der Waals surface area contributed by atoms with Crippen molar-refractivity contribution in [3.05, 3.63) is 48.4 Å². The van der Waals surface area contributed by atoms with E-state index in [2.05, 4.69) is 14.9 Å². The number of hydrogen-bond acceptors (Lipinski definition) is 8. The van der Waals surface area contributed by atoms with Gasteiger partial charge in [-0.05, 0) is 68.5 Å². The number of benzene rings is 2. The second-order valence-corrected chi connectivity index (χ2v) is 12.4. The Hall–Kier alpha value is -3.63. The molecule has 0 amide bonds. The molecule has 8 nitrogen and oxygen atoms in total. The summed E-state index contributed by atoms with van der Waals surface area (Å²) in [6.07, 6.45) is 4.84. The van der Waals surface area contributed by atoms with Crippen LogP contribution in [0.4, 0.5) is 14.6 Å². The lowest BCUT2D eigenvalue weighted by atomic mass is 9.95. The molecule has 0 radical (unpaired) electrons. The summed E-state index contributed by atoms with van der Waals surface area (Å²) >= 11 is 0. The summed E-state index contributed by atoms with van der Waals surface area (Å²) in [4.78, 5) is 18.1. The molecule has 3 fully saturated rings. The second-order valence-electron chi connectivity index (χ2n) is 12.4. The minimum atomic E-state index is -0.893. The Morgan fingerprint density at radius 3 is 2.76 bits per heavy atom. The van der Waals surface area contributed by atoms with E-state index in [1.54, 1.807) is 12.3 Å². The third-order valence-electron chi connectivity index (χ3n) is 9.34. The molecule has 3 aliphatic rings. The van der Waals surface area contributed by atoms with Gasteiger partial charge in [-0.15, -0.1) is 0 Å². The molecule has 0 spiro atoms. The van der Waals surface area contributed by atoms with Gasteiger partial charge in [-0.25, -0.2) is 8.78 Å². The Bertz CT molecular complexity index is 1670. The number of ether oxygens (including phenoxy) is 1. The van der Waals surface area contributed by atoms with E-state index < -0.39 is 23.1 Å². The Balaban J connectivity index is 1.34. The first-order chi connectivity index (χ1) is 20.2. The number of phenolic OH excluding ortho intramolecular Hbond substituents is 1. The molecule has 10 heteroatoms. The average Bonchev–Trinajstić information content (AvgIpc) is 3.42. The molecule has 2 N–H and O–H groups in total. The number of rotatable bonds is 5. The van der Waals surface area contributed by atoms with Crippen LogP contribution in [0, 0.1) is 5.82 Å². The van der Waals surface area contributed by atoms with Crippen molar-refractivity contribution in [2.75, 3.05) is 37.7 Å². The molecule has 0 bridgehead atoms. The number of alkyl halides is 1. The van der Waals surface area contributed by atoms with Crippen LogP contribution in [0.3, 0.4) is 0 Å². The number of hydrogen-bond donors (Lipinski definition) is 2. The van der Waals surface area contributed by atoms with Crippen LogP contribution in [0.5, 0.6) is 11.8 Å². The summed E-state index contributed by atoms with van der Waals surface area (Å²) < 4.78 is 37.2. The first-order valence-corrected chi connectivity index (χ1v) is 14.8. The fourth-order valence-electron chi connectivity index (χ4n) is 7.13. The summed E-state index contributed by atoms with van der Waals surface area (Å²) in [6, 6.07) is 10.6. The van der Waals surface area contributed by atoms with Crippen LogP contribution in [-0.4, -0.2) is 80.2 Å². The Morgan fingerprint density at radius 1 is 1.05 bits per heavy atom. The number of pyridine rings is 1. The molecule has 2 aromatic carbocycles. The summed E-state index contributed by atoms with van der Waals surface area (Å²) in [5.74, 6) is -0.122. The Kier molecular flexibility index (Phi) is 6.66. The zero-order chi connectivity index (χ0) is 29.1. The van der Waals surface area contributed by atoms with Crippen LogP contribution in [0.2, 0.25) is 0 Å². The van der Waals surface area contributed by atoms with Crippen molar-refractivity contribution in [2.24, 2.45) is 0 Å². The molecule has 5 heterocycles. The van der Waals surface area contributed by atoms with Crippen LogP contribution in [0.1, 0.15) is 45.4 Å². The van der Waals surface area contributed by atoms with Crippen molar-refractivity contribution in [2.45, 2.75) is 62.8 Å². The van der Waals surface area contributed by atoms with Gasteiger partial charge < -0.3 is 19.8 Å². The topological polar surface area (TPSA) is 94.8 Å². The van der Waals surface area contributed by atoms with E-state index in [1.807, 2.05) is 36.1 Å². The first kappa shape index (κ1) is 27.2. The first-order valence-electron chi connectivity index (χ1n) is 14.8. The molecule has 0 aliphatic carbocycles. The Labute approximate surface area is 243 Å². The maximum atomic E-state index is 16.5. The molecule has 220 valence electrons. The third kappa shape index (κ3) is 4.80. The van der Waals surface area contributed by atoms with E-state index in [1.165, 1.54) is 6.07 Å². The second kappa shape index (κ2) is 10.3. The van der Waals surface area contributed by atoms with Gasteiger partial charge in [0.2, 0.25) is 0 Å². The van der Waals surface area contributed by atoms with Gasteiger partial charge in [0.1, 0.15) is 35.6 Å². The van der Waals surface area contributed by atoms with Gasteiger partial charge >= 0.3 is 6.01 Å². The molecule has 3 aliphatic heterocycles. The van der Waals surface area contributed by atoms with Crippen LogP contribution < -0.4 is 9.64 Å². The largest absolute Gasteiger partial charge is 0.508 e. The zero-order valence-corrected chi connectivity index (χ0v) is 23.7. The standard InChI is InChI=1S/C32H35F2N5O3/c1-31(41)8-4-11-38(13-10-31)29-25-17-35-27(24-15-22(40)14-20-6-2-3-7-23(20)24)26(34)28(25)36-30(37-29)42-19-32-9-5-12-39(32)18-21(33)16-32/h2-3,6-7,14-15,17,21,40-41H,4-5,8-13,16,18-19H2,1H3/t21-,31?,32?/m1/s1. The van der Waals surface area contributed by atoms with Crippen molar-refractivity contribution >= 4 is 27.5 Å². The van der Waals surface area contributed by atoms with Crippen LogP contribution in [0.25, 0.3) is 32.9 Å². The number of halogens is 2. The molecule has 7 rings (SSSR count). The quantitative estimate of drug-likeness (QED) is 0.327. The van der Waals surface area contributed by atoms with E-state index in [4.69, 9.17) is 9.72 Å². The van der Waals surface area contributed by atoms with Gasteiger partial charge in [0.05, 0.1) is 16.5 Å².